The highest BCUT2D eigenvalue weighted by Gasteiger charge is 2.47. The highest BCUT2D eigenvalue weighted by Crippen LogP contribution is 2.26. The lowest BCUT2D eigenvalue weighted by atomic mass is 9.98. The molecule has 0 bridgehead atoms. The number of carbonyl (C=O) groups excluding carboxylic acids is 2. The van der Waals surface area contributed by atoms with Crippen molar-refractivity contribution >= 4 is 29.6 Å². The van der Waals surface area contributed by atoms with E-state index in [9.17, 15) is 9.59 Å². The van der Waals surface area contributed by atoms with E-state index in [0.717, 1.165) is 16.7 Å². The SMILES string of the molecule is Cc1ccc([C@H]2[C@@H](NC(=O)c3ccc(Cl)cc3)C(=O)N/[N+]2=C\c2ccccc2)cc1. The average molecular weight is 419 g/mol. The third-order valence-corrected chi connectivity index (χ3v) is 5.29. The second-order valence-electron chi connectivity index (χ2n) is 7.24. The predicted octanol–water partition coefficient (Wildman–Crippen LogP) is 3.66. The molecule has 2 amide bonds. The zero-order chi connectivity index (χ0) is 21.1. The first kappa shape index (κ1) is 19.9. The fraction of sp³-hybridized carbons (Fsp3) is 0.125. The molecule has 150 valence electrons. The summed E-state index contributed by atoms with van der Waals surface area (Å²) in [6.45, 7) is 2.01. The number of rotatable bonds is 4. The number of benzene rings is 3. The number of hydrazine groups is 1. The van der Waals surface area contributed by atoms with Gasteiger partial charge in [0.25, 0.3) is 5.91 Å². The van der Waals surface area contributed by atoms with E-state index in [2.05, 4.69) is 10.7 Å². The van der Waals surface area contributed by atoms with Crippen molar-refractivity contribution in [2.75, 3.05) is 0 Å². The maximum absolute atomic E-state index is 12.8. The number of aryl methyl sites for hydroxylation is 1. The van der Waals surface area contributed by atoms with Crippen LogP contribution in [0, 0.1) is 6.92 Å². The molecule has 0 aromatic heterocycles. The summed E-state index contributed by atoms with van der Waals surface area (Å²) in [5, 5.41) is 3.44. The van der Waals surface area contributed by atoms with Crippen molar-refractivity contribution in [2.45, 2.75) is 19.0 Å². The summed E-state index contributed by atoms with van der Waals surface area (Å²) in [5.74, 6) is -0.597. The van der Waals surface area contributed by atoms with Gasteiger partial charge in [-0.2, -0.15) is 0 Å². The maximum Gasteiger partial charge on any atom is 0.304 e. The Morgan fingerprint density at radius 2 is 1.67 bits per heavy atom. The Morgan fingerprint density at radius 3 is 2.33 bits per heavy atom. The lowest BCUT2D eigenvalue weighted by Gasteiger charge is -2.15. The molecule has 0 saturated carbocycles. The quantitative estimate of drug-likeness (QED) is 0.635. The van der Waals surface area contributed by atoms with Gasteiger partial charge in [0.2, 0.25) is 12.3 Å². The van der Waals surface area contributed by atoms with E-state index in [4.69, 9.17) is 11.6 Å². The Balaban J connectivity index is 1.69. The van der Waals surface area contributed by atoms with Crippen LogP contribution in [0.5, 0.6) is 0 Å². The molecule has 2 atom stereocenters. The van der Waals surface area contributed by atoms with Crippen molar-refractivity contribution < 1.29 is 14.3 Å². The first-order valence-corrected chi connectivity index (χ1v) is 10.0. The molecule has 5 nitrogen and oxygen atoms in total. The van der Waals surface area contributed by atoms with Gasteiger partial charge in [-0.05, 0) is 43.3 Å². The van der Waals surface area contributed by atoms with Crippen molar-refractivity contribution in [3.05, 3.63) is 106 Å². The molecule has 3 aromatic carbocycles. The van der Waals surface area contributed by atoms with Crippen LogP contribution in [-0.4, -0.2) is 28.8 Å². The van der Waals surface area contributed by atoms with E-state index in [1.54, 1.807) is 28.9 Å². The zero-order valence-corrected chi connectivity index (χ0v) is 17.1. The molecule has 0 spiro atoms. The minimum atomic E-state index is -0.754. The van der Waals surface area contributed by atoms with Crippen LogP contribution in [0.1, 0.15) is 33.1 Å². The molecule has 0 radical (unpaired) electrons. The summed E-state index contributed by atoms with van der Waals surface area (Å²) in [5.41, 5.74) is 6.32. The van der Waals surface area contributed by atoms with Crippen molar-refractivity contribution in [3.8, 4) is 0 Å². The molecule has 1 aliphatic heterocycles. The number of nitrogens with one attached hydrogen (secondary N) is 2. The Labute approximate surface area is 180 Å². The van der Waals surface area contributed by atoms with E-state index >= 15 is 0 Å². The third-order valence-electron chi connectivity index (χ3n) is 5.04. The van der Waals surface area contributed by atoms with Crippen LogP contribution in [0.2, 0.25) is 5.02 Å². The van der Waals surface area contributed by atoms with Gasteiger partial charge in [-0.25, -0.2) is 0 Å². The van der Waals surface area contributed by atoms with Crippen LogP contribution in [0.3, 0.4) is 0 Å². The van der Waals surface area contributed by atoms with Gasteiger partial charge in [0.15, 0.2) is 6.04 Å². The minimum Gasteiger partial charge on any atom is -0.334 e. The molecule has 4 rings (SSSR count). The summed E-state index contributed by atoms with van der Waals surface area (Å²) < 4.78 is 1.76. The monoisotopic (exact) mass is 418 g/mol. The summed E-state index contributed by atoms with van der Waals surface area (Å²) in [4.78, 5) is 25.6. The molecule has 30 heavy (non-hydrogen) atoms. The maximum atomic E-state index is 12.8. The van der Waals surface area contributed by atoms with Gasteiger partial charge in [-0.3, -0.25) is 9.59 Å². The van der Waals surface area contributed by atoms with Crippen LogP contribution in [-0.2, 0) is 4.79 Å². The van der Waals surface area contributed by atoms with E-state index in [0.29, 0.717) is 10.6 Å². The molecule has 2 N–H and O–H groups in total. The second-order valence-corrected chi connectivity index (χ2v) is 7.67. The third kappa shape index (κ3) is 4.26. The van der Waals surface area contributed by atoms with Gasteiger partial charge in [0.1, 0.15) is 0 Å². The smallest absolute Gasteiger partial charge is 0.304 e. The highest BCUT2D eigenvalue weighted by molar-refractivity contribution is 6.30. The molecule has 0 aliphatic carbocycles. The van der Waals surface area contributed by atoms with Gasteiger partial charge >= 0.3 is 5.91 Å². The molecule has 0 unspecified atom stereocenters. The Hall–Kier alpha value is -3.44. The lowest BCUT2D eigenvalue weighted by molar-refractivity contribution is -0.596. The largest absolute Gasteiger partial charge is 0.334 e. The van der Waals surface area contributed by atoms with Crippen LogP contribution in [0.25, 0.3) is 0 Å². The van der Waals surface area contributed by atoms with Gasteiger partial charge in [0.05, 0.1) is 0 Å². The topological polar surface area (TPSA) is 61.2 Å². The first-order valence-electron chi connectivity index (χ1n) is 9.63. The molecular weight excluding hydrogens is 398 g/mol. The van der Waals surface area contributed by atoms with E-state index in [1.165, 1.54) is 0 Å². The summed E-state index contributed by atoms with van der Waals surface area (Å²) in [6.07, 6.45) is 1.87. The van der Waals surface area contributed by atoms with Crippen LogP contribution >= 0.6 is 11.6 Å². The minimum absolute atomic E-state index is 0.268. The number of amides is 2. The van der Waals surface area contributed by atoms with Crippen molar-refractivity contribution in [1.82, 2.24) is 10.7 Å². The Kier molecular flexibility index (Phi) is 5.63. The van der Waals surface area contributed by atoms with Crippen molar-refractivity contribution in [2.24, 2.45) is 0 Å². The first-order chi connectivity index (χ1) is 14.5. The van der Waals surface area contributed by atoms with Crippen molar-refractivity contribution in [3.63, 3.8) is 0 Å². The van der Waals surface area contributed by atoms with Crippen LogP contribution in [0.15, 0.2) is 78.9 Å². The number of hydrogen-bond acceptors (Lipinski definition) is 2. The van der Waals surface area contributed by atoms with Crippen LogP contribution in [0.4, 0.5) is 0 Å². The Bertz CT molecular complexity index is 1090. The molecular formula is C24H21ClN3O2+. The number of halogens is 1. The number of carbonyl (C=O) groups is 2. The fourth-order valence-electron chi connectivity index (χ4n) is 3.47. The van der Waals surface area contributed by atoms with E-state index in [-0.39, 0.29) is 11.8 Å². The molecule has 1 heterocycles. The average Bonchev–Trinajstić information content (AvgIpc) is 3.04. The van der Waals surface area contributed by atoms with Gasteiger partial charge in [-0.15, -0.1) is 10.1 Å². The van der Waals surface area contributed by atoms with Crippen LogP contribution < -0.4 is 10.7 Å². The van der Waals surface area contributed by atoms with E-state index in [1.807, 2.05) is 67.7 Å². The summed E-state index contributed by atoms with van der Waals surface area (Å²) in [7, 11) is 0. The molecule has 1 aliphatic rings. The number of hydrazone groups is 1. The zero-order valence-electron chi connectivity index (χ0n) is 16.4. The molecule has 1 fully saturated rings. The van der Waals surface area contributed by atoms with Gasteiger partial charge in [0, 0.05) is 21.7 Å². The van der Waals surface area contributed by atoms with Crippen molar-refractivity contribution in [1.29, 1.82) is 0 Å². The summed E-state index contributed by atoms with van der Waals surface area (Å²) in [6, 6.07) is 23.1. The number of nitrogens with zero attached hydrogens (tertiary/aromatic N) is 1. The fourth-order valence-corrected chi connectivity index (χ4v) is 3.60. The number of hydrogen-bond donors (Lipinski definition) is 2. The Morgan fingerprint density at radius 1 is 1.00 bits per heavy atom. The normalized spacial score (nSPS) is 19.5. The standard InChI is InChI=1S/C24H20ClN3O2/c1-16-7-9-18(10-8-16)22-21(26-23(29)19-11-13-20(25)14-12-19)24(30)27-28(22)15-17-5-3-2-4-6-17/h2-15,21-22H,1H3,(H-,26,27,29,30)/p+1/b28-15-/t21-,22+/m1/s1. The second kappa shape index (κ2) is 8.51. The molecule has 1 saturated heterocycles. The van der Waals surface area contributed by atoms with E-state index < -0.39 is 12.1 Å². The molecule has 3 aromatic rings. The predicted molar refractivity (Wildman–Crippen MR) is 117 cm³/mol. The van der Waals surface area contributed by atoms with Gasteiger partial charge in [-0.1, -0.05) is 59.6 Å². The molecule has 6 heteroatoms. The highest BCUT2D eigenvalue weighted by atomic mass is 35.5. The van der Waals surface area contributed by atoms with Gasteiger partial charge < -0.3 is 5.32 Å². The summed E-state index contributed by atoms with van der Waals surface area (Å²) >= 11 is 5.92. The lowest BCUT2D eigenvalue weighted by Crippen LogP contribution is -2.42.